The molecule has 24 heavy (non-hydrogen) atoms. The van der Waals surface area contributed by atoms with E-state index in [-0.39, 0.29) is 17.9 Å². The summed E-state index contributed by atoms with van der Waals surface area (Å²) in [7, 11) is 2.90. The van der Waals surface area contributed by atoms with Crippen LogP contribution in [0.25, 0.3) is 0 Å². The Kier molecular flexibility index (Phi) is 5.42. The van der Waals surface area contributed by atoms with Crippen molar-refractivity contribution in [2.75, 3.05) is 19.5 Å². The summed E-state index contributed by atoms with van der Waals surface area (Å²) in [5, 5.41) is 2.74. The molecule has 0 saturated carbocycles. The lowest BCUT2D eigenvalue weighted by atomic mass is 10.1. The van der Waals surface area contributed by atoms with Crippen LogP contribution in [0.5, 0.6) is 11.5 Å². The number of amides is 2. The fourth-order valence-electron chi connectivity index (χ4n) is 2.29. The highest BCUT2D eigenvalue weighted by Gasteiger charge is 2.17. The highest BCUT2D eigenvalue weighted by atomic mass is 16.5. The molecule has 0 atom stereocenters. The summed E-state index contributed by atoms with van der Waals surface area (Å²) in [6, 6.07) is 10.6. The molecule has 3 N–H and O–H groups in total. The zero-order chi connectivity index (χ0) is 17.7. The van der Waals surface area contributed by atoms with Gasteiger partial charge in [-0.05, 0) is 24.6 Å². The number of hydrogen-bond acceptors (Lipinski definition) is 4. The number of rotatable bonds is 6. The molecule has 6 heteroatoms. The number of nitrogens with one attached hydrogen (secondary N) is 1. The van der Waals surface area contributed by atoms with Gasteiger partial charge >= 0.3 is 0 Å². The second-order valence-electron chi connectivity index (χ2n) is 5.33. The first-order valence-corrected chi connectivity index (χ1v) is 7.35. The fraction of sp³-hybridized carbons (Fsp3) is 0.222. The van der Waals surface area contributed by atoms with Gasteiger partial charge < -0.3 is 20.5 Å². The van der Waals surface area contributed by atoms with Crippen molar-refractivity contribution < 1.29 is 19.1 Å². The molecule has 0 unspecified atom stereocenters. The molecular formula is C18H20N2O4. The summed E-state index contributed by atoms with van der Waals surface area (Å²) < 4.78 is 10.5. The van der Waals surface area contributed by atoms with Crippen LogP contribution in [0, 0.1) is 6.92 Å². The number of nitrogens with two attached hydrogens (primary N) is 1. The van der Waals surface area contributed by atoms with Gasteiger partial charge in [-0.15, -0.1) is 0 Å². The molecule has 0 spiro atoms. The Balaban J connectivity index is 2.26. The highest BCUT2D eigenvalue weighted by molar-refractivity contribution is 5.99. The number of carbonyl (C=O) groups excluding carboxylic acids is 2. The van der Waals surface area contributed by atoms with Crippen LogP contribution in [0.1, 0.15) is 21.5 Å². The van der Waals surface area contributed by atoms with Gasteiger partial charge in [-0.25, -0.2) is 0 Å². The van der Waals surface area contributed by atoms with Gasteiger partial charge in [0.15, 0.2) is 11.5 Å². The smallest absolute Gasteiger partial charge is 0.248 e. The molecule has 0 radical (unpaired) electrons. The lowest BCUT2D eigenvalue weighted by molar-refractivity contribution is -0.115. The van der Waals surface area contributed by atoms with Crippen LogP contribution in [-0.2, 0) is 11.2 Å². The summed E-state index contributed by atoms with van der Waals surface area (Å²) in [4.78, 5) is 23.7. The number of methoxy groups -OCH3 is 2. The van der Waals surface area contributed by atoms with Crippen LogP contribution >= 0.6 is 0 Å². The third-order valence-corrected chi connectivity index (χ3v) is 3.52. The largest absolute Gasteiger partial charge is 0.493 e. The van der Waals surface area contributed by atoms with E-state index in [0.717, 1.165) is 11.1 Å². The normalized spacial score (nSPS) is 10.1. The summed E-state index contributed by atoms with van der Waals surface area (Å²) in [5.41, 5.74) is 7.88. The summed E-state index contributed by atoms with van der Waals surface area (Å²) in [5.74, 6) is -0.204. The second kappa shape index (κ2) is 7.50. The minimum Gasteiger partial charge on any atom is -0.493 e. The molecule has 0 bridgehead atoms. The van der Waals surface area contributed by atoms with Crippen molar-refractivity contribution in [3.63, 3.8) is 0 Å². The summed E-state index contributed by atoms with van der Waals surface area (Å²) in [6.45, 7) is 1.98. The molecule has 0 aromatic heterocycles. The van der Waals surface area contributed by atoms with Gasteiger partial charge in [0.2, 0.25) is 11.8 Å². The Bertz CT molecular complexity index is 754. The Morgan fingerprint density at radius 1 is 1.08 bits per heavy atom. The quantitative estimate of drug-likeness (QED) is 0.851. The van der Waals surface area contributed by atoms with Crippen LogP contribution in [-0.4, -0.2) is 26.0 Å². The third-order valence-electron chi connectivity index (χ3n) is 3.52. The Morgan fingerprint density at radius 3 is 2.29 bits per heavy atom. The van der Waals surface area contributed by atoms with Crippen molar-refractivity contribution in [3.05, 3.63) is 53.1 Å². The van der Waals surface area contributed by atoms with E-state index < -0.39 is 5.91 Å². The van der Waals surface area contributed by atoms with Gasteiger partial charge in [0, 0.05) is 5.56 Å². The average molecular weight is 328 g/mol. The number of carbonyl (C=O) groups is 2. The van der Waals surface area contributed by atoms with Gasteiger partial charge in [0.05, 0.1) is 26.3 Å². The van der Waals surface area contributed by atoms with Gasteiger partial charge in [0.25, 0.3) is 0 Å². The zero-order valence-corrected chi connectivity index (χ0v) is 13.9. The van der Waals surface area contributed by atoms with E-state index in [2.05, 4.69) is 5.32 Å². The van der Waals surface area contributed by atoms with E-state index >= 15 is 0 Å². The zero-order valence-electron chi connectivity index (χ0n) is 13.9. The molecule has 0 fully saturated rings. The SMILES string of the molecule is COc1cc(C(N)=O)cc(NC(=O)Cc2ccc(C)cc2)c1OC. The first-order chi connectivity index (χ1) is 11.4. The van der Waals surface area contributed by atoms with Crippen molar-refractivity contribution in [2.45, 2.75) is 13.3 Å². The number of hydrogen-bond donors (Lipinski definition) is 2. The van der Waals surface area contributed by atoms with E-state index in [1.165, 1.54) is 26.4 Å². The van der Waals surface area contributed by atoms with Crippen LogP contribution in [0.15, 0.2) is 36.4 Å². The summed E-state index contributed by atoms with van der Waals surface area (Å²) in [6.07, 6.45) is 0.201. The van der Waals surface area contributed by atoms with Crippen LogP contribution in [0.3, 0.4) is 0 Å². The van der Waals surface area contributed by atoms with Crippen LogP contribution in [0.2, 0.25) is 0 Å². The van der Waals surface area contributed by atoms with Crippen LogP contribution in [0.4, 0.5) is 5.69 Å². The molecule has 0 saturated heterocycles. The highest BCUT2D eigenvalue weighted by Crippen LogP contribution is 2.36. The van der Waals surface area contributed by atoms with E-state index in [4.69, 9.17) is 15.2 Å². The average Bonchev–Trinajstić information content (AvgIpc) is 2.56. The molecule has 2 amide bonds. The van der Waals surface area contributed by atoms with Crippen molar-refractivity contribution in [1.82, 2.24) is 0 Å². The van der Waals surface area contributed by atoms with E-state index in [9.17, 15) is 9.59 Å². The van der Waals surface area contributed by atoms with Gasteiger partial charge in [0.1, 0.15) is 0 Å². The van der Waals surface area contributed by atoms with Crippen molar-refractivity contribution in [3.8, 4) is 11.5 Å². The van der Waals surface area contributed by atoms with Crippen molar-refractivity contribution >= 4 is 17.5 Å². The number of ether oxygens (including phenoxy) is 2. The predicted molar refractivity (Wildman–Crippen MR) is 91.6 cm³/mol. The molecule has 0 aliphatic rings. The molecule has 2 rings (SSSR count). The monoisotopic (exact) mass is 328 g/mol. The third kappa shape index (κ3) is 4.04. The van der Waals surface area contributed by atoms with Crippen LogP contribution < -0.4 is 20.5 Å². The van der Waals surface area contributed by atoms with E-state index in [1.807, 2.05) is 31.2 Å². The number of primary amides is 1. The minimum absolute atomic E-state index is 0.201. The van der Waals surface area contributed by atoms with Gasteiger partial charge in [-0.1, -0.05) is 29.8 Å². The summed E-state index contributed by atoms with van der Waals surface area (Å²) >= 11 is 0. The number of aryl methyl sites for hydroxylation is 1. The maximum atomic E-state index is 12.3. The molecular weight excluding hydrogens is 308 g/mol. The fourth-order valence-corrected chi connectivity index (χ4v) is 2.29. The molecule has 0 aliphatic carbocycles. The first-order valence-electron chi connectivity index (χ1n) is 7.35. The molecule has 0 heterocycles. The predicted octanol–water partition coefficient (Wildman–Crippen LogP) is 2.29. The van der Waals surface area contributed by atoms with Crippen molar-refractivity contribution in [2.24, 2.45) is 5.73 Å². The second-order valence-corrected chi connectivity index (χ2v) is 5.33. The van der Waals surface area contributed by atoms with Gasteiger partial charge in [-0.2, -0.15) is 0 Å². The molecule has 2 aromatic rings. The number of benzene rings is 2. The molecule has 2 aromatic carbocycles. The Hall–Kier alpha value is -3.02. The maximum Gasteiger partial charge on any atom is 0.248 e. The molecule has 0 aliphatic heterocycles. The van der Waals surface area contributed by atoms with E-state index in [0.29, 0.717) is 17.2 Å². The lowest BCUT2D eigenvalue weighted by Gasteiger charge is -2.15. The van der Waals surface area contributed by atoms with E-state index in [1.54, 1.807) is 0 Å². The Morgan fingerprint density at radius 2 is 1.75 bits per heavy atom. The van der Waals surface area contributed by atoms with Crippen molar-refractivity contribution in [1.29, 1.82) is 0 Å². The first kappa shape index (κ1) is 17.3. The number of anilines is 1. The maximum absolute atomic E-state index is 12.3. The Labute approximate surface area is 140 Å². The minimum atomic E-state index is -0.620. The lowest BCUT2D eigenvalue weighted by Crippen LogP contribution is -2.17. The standard InChI is InChI=1S/C18H20N2O4/c1-11-4-6-12(7-5-11)8-16(21)20-14-9-13(18(19)22)10-15(23-2)17(14)24-3/h4-7,9-10H,8H2,1-3H3,(H2,19,22)(H,20,21). The molecule has 6 nitrogen and oxygen atoms in total. The van der Waals surface area contributed by atoms with Gasteiger partial charge in [-0.3, -0.25) is 9.59 Å². The molecule has 126 valence electrons. The topological polar surface area (TPSA) is 90.6 Å².